The summed E-state index contributed by atoms with van der Waals surface area (Å²) >= 11 is 0. The van der Waals surface area contributed by atoms with Crippen LogP contribution in [0, 0.1) is 0 Å². The molecule has 23 heavy (non-hydrogen) atoms. The molecule has 0 aliphatic heterocycles. The molecule has 0 fully saturated rings. The highest BCUT2D eigenvalue weighted by molar-refractivity contribution is 5.66. The molecule has 0 aromatic rings. The summed E-state index contributed by atoms with van der Waals surface area (Å²) < 4.78 is 0. The maximum atomic E-state index is 10.3. The van der Waals surface area contributed by atoms with Gasteiger partial charge in [-0.3, -0.25) is 4.79 Å². The van der Waals surface area contributed by atoms with Crippen LogP contribution in [0.3, 0.4) is 0 Å². The molecule has 0 aromatic carbocycles. The fraction of sp³-hybridized carbons (Fsp3) is 0.722. The Labute approximate surface area is 139 Å². The van der Waals surface area contributed by atoms with Crippen LogP contribution in [0.1, 0.15) is 64.7 Å². The molecule has 0 spiro atoms. The molecule has 0 rings (SSSR count). The Bertz CT molecular complexity index is 351. The number of aliphatic carboxylic acids is 1. The van der Waals surface area contributed by atoms with E-state index in [9.17, 15) is 20.1 Å². The number of carbonyl (C=O) groups is 1. The zero-order chi connectivity index (χ0) is 17.5. The lowest BCUT2D eigenvalue weighted by Crippen LogP contribution is -2.24. The number of hydrogen-bond donors (Lipinski definition) is 4. The van der Waals surface area contributed by atoms with Crippen molar-refractivity contribution in [3.05, 3.63) is 24.3 Å². The lowest BCUT2D eigenvalue weighted by atomic mass is 10.0. The number of hydrogen-bond acceptors (Lipinski definition) is 4. The molecule has 0 heterocycles. The average molecular weight is 328 g/mol. The summed E-state index contributed by atoms with van der Waals surface area (Å²) in [4.78, 5) is 10.3. The first-order valence-electron chi connectivity index (χ1n) is 8.56. The molecule has 0 saturated heterocycles. The Morgan fingerprint density at radius 3 is 2.26 bits per heavy atom. The van der Waals surface area contributed by atoms with Gasteiger partial charge in [0.25, 0.3) is 0 Å². The highest BCUT2D eigenvalue weighted by Crippen LogP contribution is 2.11. The van der Waals surface area contributed by atoms with Crippen molar-refractivity contribution in [1.29, 1.82) is 0 Å². The van der Waals surface area contributed by atoms with Crippen LogP contribution in [0.2, 0.25) is 0 Å². The van der Waals surface area contributed by atoms with Crippen molar-refractivity contribution in [2.24, 2.45) is 0 Å². The van der Waals surface area contributed by atoms with Crippen LogP contribution in [0.4, 0.5) is 0 Å². The van der Waals surface area contributed by atoms with Crippen LogP contribution in [0.5, 0.6) is 0 Å². The van der Waals surface area contributed by atoms with Gasteiger partial charge in [-0.25, -0.2) is 0 Å². The van der Waals surface area contributed by atoms with Crippen LogP contribution in [-0.2, 0) is 4.79 Å². The lowest BCUT2D eigenvalue weighted by Gasteiger charge is -2.14. The molecule has 134 valence electrons. The topological polar surface area (TPSA) is 98.0 Å². The standard InChI is InChI=1S/C18H32O5/c1-2-3-7-10-15(19)13-14-17(21)16(20)11-8-5-4-6-9-12-18(22)23/h3,7,13-17,19-21H,2,4-6,8-12H2,1H3,(H,22,23)/b7-3-,14-13+/t15-,16+,17+/m0/s1. The highest BCUT2D eigenvalue weighted by atomic mass is 16.4. The largest absolute Gasteiger partial charge is 0.481 e. The Kier molecular flexibility index (Phi) is 13.7. The van der Waals surface area contributed by atoms with Gasteiger partial charge in [-0.2, -0.15) is 0 Å². The zero-order valence-corrected chi connectivity index (χ0v) is 14.1. The summed E-state index contributed by atoms with van der Waals surface area (Å²) in [7, 11) is 0. The summed E-state index contributed by atoms with van der Waals surface area (Å²) in [5.74, 6) is -0.761. The Morgan fingerprint density at radius 1 is 0.957 bits per heavy atom. The van der Waals surface area contributed by atoms with Crippen molar-refractivity contribution >= 4 is 5.97 Å². The first-order valence-corrected chi connectivity index (χ1v) is 8.56. The molecule has 0 unspecified atom stereocenters. The van der Waals surface area contributed by atoms with E-state index in [0.29, 0.717) is 19.3 Å². The molecule has 0 radical (unpaired) electrons. The van der Waals surface area contributed by atoms with Gasteiger partial charge in [-0.1, -0.05) is 56.9 Å². The first kappa shape index (κ1) is 21.8. The van der Waals surface area contributed by atoms with Gasteiger partial charge in [0.15, 0.2) is 0 Å². The van der Waals surface area contributed by atoms with Gasteiger partial charge in [0.1, 0.15) is 0 Å². The van der Waals surface area contributed by atoms with Crippen LogP contribution in [0.25, 0.3) is 0 Å². The molecule has 0 aromatic heterocycles. The predicted octanol–water partition coefficient (Wildman–Crippen LogP) is 2.80. The van der Waals surface area contributed by atoms with Gasteiger partial charge in [0.05, 0.1) is 18.3 Å². The van der Waals surface area contributed by atoms with E-state index >= 15 is 0 Å². The summed E-state index contributed by atoms with van der Waals surface area (Å²) in [6, 6.07) is 0. The summed E-state index contributed by atoms with van der Waals surface area (Å²) in [6.45, 7) is 2.02. The van der Waals surface area contributed by atoms with Crippen LogP contribution < -0.4 is 0 Å². The van der Waals surface area contributed by atoms with Gasteiger partial charge in [-0.05, 0) is 25.7 Å². The third-order valence-corrected chi connectivity index (χ3v) is 3.60. The normalized spacial score (nSPS) is 16.0. The van der Waals surface area contributed by atoms with Gasteiger partial charge < -0.3 is 20.4 Å². The second-order valence-corrected chi connectivity index (χ2v) is 5.83. The Morgan fingerprint density at radius 2 is 1.61 bits per heavy atom. The monoisotopic (exact) mass is 328 g/mol. The molecule has 0 saturated carbocycles. The van der Waals surface area contributed by atoms with Crippen LogP contribution in [-0.4, -0.2) is 44.7 Å². The van der Waals surface area contributed by atoms with Crippen molar-refractivity contribution in [2.45, 2.75) is 83.0 Å². The fourth-order valence-corrected chi connectivity index (χ4v) is 2.18. The quantitative estimate of drug-likeness (QED) is 0.290. The van der Waals surface area contributed by atoms with Crippen molar-refractivity contribution in [1.82, 2.24) is 0 Å². The third-order valence-electron chi connectivity index (χ3n) is 3.60. The Balaban J connectivity index is 3.74. The number of aliphatic hydroxyl groups excluding tert-OH is 3. The SMILES string of the molecule is CC/C=C\C[C@H](O)/C=C/[C@@H](O)[C@H](O)CCCCCCCC(=O)O. The smallest absolute Gasteiger partial charge is 0.303 e. The van der Waals surface area contributed by atoms with Gasteiger partial charge >= 0.3 is 5.97 Å². The van der Waals surface area contributed by atoms with E-state index in [4.69, 9.17) is 5.11 Å². The van der Waals surface area contributed by atoms with E-state index in [1.54, 1.807) is 0 Å². The fourth-order valence-electron chi connectivity index (χ4n) is 2.18. The van der Waals surface area contributed by atoms with E-state index in [-0.39, 0.29) is 6.42 Å². The zero-order valence-electron chi connectivity index (χ0n) is 14.1. The number of carboxylic acids is 1. The highest BCUT2D eigenvalue weighted by Gasteiger charge is 2.13. The van der Waals surface area contributed by atoms with Crippen LogP contribution in [0.15, 0.2) is 24.3 Å². The molecular weight excluding hydrogens is 296 g/mol. The summed E-state index contributed by atoms with van der Waals surface area (Å²) in [5.41, 5.74) is 0. The van der Waals surface area contributed by atoms with Gasteiger partial charge in [0, 0.05) is 6.42 Å². The minimum absolute atomic E-state index is 0.210. The van der Waals surface area contributed by atoms with E-state index < -0.39 is 24.3 Å². The van der Waals surface area contributed by atoms with Crippen molar-refractivity contribution in [3.8, 4) is 0 Å². The van der Waals surface area contributed by atoms with E-state index in [1.165, 1.54) is 12.2 Å². The van der Waals surface area contributed by atoms with E-state index in [2.05, 4.69) is 0 Å². The summed E-state index contributed by atoms with van der Waals surface area (Å²) in [6.07, 6.45) is 10.7. The van der Waals surface area contributed by atoms with E-state index in [0.717, 1.165) is 32.1 Å². The van der Waals surface area contributed by atoms with E-state index in [1.807, 2.05) is 19.1 Å². The molecule has 0 aliphatic carbocycles. The second kappa shape index (κ2) is 14.4. The minimum Gasteiger partial charge on any atom is -0.481 e. The van der Waals surface area contributed by atoms with Gasteiger partial charge in [0.2, 0.25) is 0 Å². The second-order valence-electron chi connectivity index (χ2n) is 5.83. The predicted molar refractivity (Wildman–Crippen MR) is 91.2 cm³/mol. The maximum Gasteiger partial charge on any atom is 0.303 e. The van der Waals surface area contributed by atoms with Crippen molar-refractivity contribution in [3.63, 3.8) is 0 Å². The molecule has 0 bridgehead atoms. The van der Waals surface area contributed by atoms with Crippen molar-refractivity contribution < 1.29 is 25.2 Å². The molecule has 3 atom stereocenters. The Hall–Kier alpha value is -1.17. The van der Waals surface area contributed by atoms with Crippen molar-refractivity contribution in [2.75, 3.05) is 0 Å². The number of rotatable bonds is 14. The number of unbranched alkanes of at least 4 members (excludes halogenated alkanes) is 4. The molecule has 5 heteroatoms. The maximum absolute atomic E-state index is 10.3. The third kappa shape index (κ3) is 14.2. The molecule has 0 amide bonds. The van der Waals surface area contributed by atoms with Gasteiger partial charge in [-0.15, -0.1) is 0 Å². The molecule has 5 nitrogen and oxygen atoms in total. The number of aliphatic hydroxyl groups is 3. The molecule has 0 aliphatic rings. The molecule has 4 N–H and O–H groups in total. The lowest BCUT2D eigenvalue weighted by molar-refractivity contribution is -0.137. The number of carboxylic acid groups (broad SMARTS) is 1. The van der Waals surface area contributed by atoms with Crippen LogP contribution >= 0.6 is 0 Å². The minimum atomic E-state index is -0.966. The number of allylic oxidation sites excluding steroid dienone is 1. The first-order chi connectivity index (χ1) is 11.0. The summed E-state index contributed by atoms with van der Waals surface area (Å²) in [5, 5.41) is 37.8. The average Bonchev–Trinajstić information content (AvgIpc) is 2.51. The molecular formula is C18H32O5.